The van der Waals surface area contributed by atoms with Gasteiger partial charge in [0.15, 0.2) is 0 Å². The average molecular weight is 286 g/mol. The van der Waals surface area contributed by atoms with Gasteiger partial charge in [0.05, 0.1) is 6.61 Å². The predicted molar refractivity (Wildman–Crippen MR) is 76.5 cm³/mol. The molecule has 1 heterocycles. The fourth-order valence-electron chi connectivity index (χ4n) is 1.63. The smallest absolute Gasteiger partial charge is 0.323 e. The van der Waals surface area contributed by atoms with Gasteiger partial charge in [-0.2, -0.15) is 0 Å². The molecule has 2 amide bonds. The van der Waals surface area contributed by atoms with Crippen LogP contribution in [-0.4, -0.2) is 45.9 Å². The summed E-state index contributed by atoms with van der Waals surface area (Å²) >= 11 is 1.41. The Morgan fingerprint density at radius 3 is 2.79 bits per heavy atom. The monoisotopic (exact) mass is 286 g/mol. The van der Waals surface area contributed by atoms with Gasteiger partial charge in [-0.3, -0.25) is 5.32 Å². The lowest BCUT2D eigenvalue weighted by atomic mass is 10.2. The molecule has 0 unspecified atom stereocenters. The van der Waals surface area contributed by atoms with Gasteiger partial charge in [0, 0.05) is 19.5 Å². The number of rotatable bonds is 8. The maximum atomic E-state index is 11.8. The van der Waals surface area contributed by atoms with Crippen LogP contribution in [0.5, 0.6) is 0 Å². The summed E-state index contributed by atoms with van der Waals surface area (Å²) in [7, 11) is 0. The minimum atomic E-state index is -0.243. The Kier molecular flexibility index (Phi) is 7.35. The van der Waals surface area contributed by atoms with E-state index in [1.807, 2.05) is 6.92 Å². The van der Waals surface area contributed by atoms with Crippen LogP contribution < -0.4 is 5.32 Å². The van der Waals surface area contributed by atoms with Gasteiger partial charge in [-0.25, -0.2) is 4.79 Å². The van der Waals surface area contributed by atoms with Crippen LogP contribution in [0.15, 0.2) is 0 Å². The maximum Gasteiger partial charge on any atom is 0.323 e. The molecule has 0 spiro atoms. The number of likely N-dealkylation sites (N-methyl/N-ethyl adjacent to an activating group) is 1. The molecule has 0 aliphatic carbocycles. The minimum absolute atomic E-state index is 0.0420. The van der Waals surface area contributed by atoms with Gasteiger partial charge in [0.2, 0.25) is 5.13 Å². The number of aliphatic hydroxyl groups excluding tert-OH is 1. The Hall–Kier alpha value is -1.21. The van der Waals surface area contributed by atoms with E-state index < -0.39 is 0 Å². The number of nitrogens with one attached hydrogen (secondary N) is 1. The van der Waals surface area contributed by atoms with Crippen molar-refractivity contribution in [1.82, 2.24) is 15.1 Å². The summed E-state index contributed by atoms with van der Waals surface area (Å²) in [5, 5.41) is 21.1. The van der Waals surface area contributed by atoms with Crippen LogP contribution in [0.25, 0.3) is 0 Å². The summed E-state index contributed by atoms with van der Waals surface area (Å²) in [6.07, 6.45) is 4.37. The second kappa shape index (κ2) is 8.82. The van der Waals surface area contributed by atoms with Crippen LogP contribution in [0.4, 0.5) is 9.93 Å². The summed E-state index contributed by atoms with van der Waals surface area (Å²) < 4.78 is 0. The quantitative estimate of drug-likeness (QED) is 0.717. The average Bonchev–Trinajstić information content (AvgIpc) is 2.83. The lowest BCUT2D eigenvalue weighted by Crippen LogP contribution is -2.36. The van der Waals surface area contributed by atoms with Crippen molar-refractivity contribution in [3.63, 3.8) is 0 Å². The van der Waals surface area contributed by atoms with Crippen molar-refractivity contribution in [3.05, 3.63) is 5.01 Å². The van der Waals surface area contributed by atoms with E-state index in [2.05, 4.69) is 22.4 Å². The molecule has 0 atom stereocenters. The summed E-state index contributed by atoms with van der Waals surface area (Å²) in [6, 6.07) is -0.243. The normalized spacial score (nSPS) is 10.5. The van der Waals surface area contributed by atoms with E-state index in [0.717, 1.165) is 17.8 Å². The number of anilines is 1. The summed E-state index contributed by atoms with van der Waals surface area (Å²) in [5.74, 6) is 0. The highest BCUT2D eigenvalue weighted by Gasteiger charge is 2.13. The highest BCUT2D eigenvalue weighted by molar-refractivity contribution is 7.15. The van der Waals surface area contributed by atoms with E-state index in [9.17, 15) is 4.79 Å². The van der Waals surface area contributed by atoms with Gasteiger partial charge in [-0.1, -0.05) is 31.1 Å². The summed E-state index contributed by atoms with van der Waals surface area (Å²) in [4.78, 5) is 13.4. The first-order chi connectivity index (χ1) is 9.21. The molecule has 0 aromatic carbocycles. The van der Waals surface area contributed by atoms with E-state index >= 15 is 0 Å². The summed E-state index contributed by atoms with van der Waals surface area (Å²) in [5.41, 5.74) is 0. The van der Waals surface area contributed by atoms with E-state index in [0.29, 0.717) is 18.2 Å². The van der Waals surface area contributed by atoms with Crippen molar-refractivity contribution in [1.29, 1.82) is 0 Å². The van der Waals surface area contributed by atoms with E-state index in [-0.39, 0.29) is 12.6 Å². The molecule has 19 heavy (non-hydrogen) atoms. The third-order valence-electron chi connectivity index (χ3n) is 2.71. The molecule has 0 radical (unpaired) electrons. The van der Waals surface area contributed by atoms with Gasteiger partial charge < -0.3 is 10.0 Å². The largest absolute Gasteiger partial charge is 0.395 e. The molecule has 0 saturated heterocycles. The first kappa shape index (κ1) is 15.8. The Bertz CT molecular complexity index is 384. The van der Waals surface area contributed by atoms with E-state index in [1.54, 1.807) is 0 Å². The molecular weight excluding hydrogens is 264 g/mol. The molecule has 6 nitrogen and oxygen atoms in total. The number of aryl methyl sites for hydroxylation is 1. The topological polar surface area (TPSA) is 78.4 Å². The second-order valence-corrected chi connectivity index (χ2v) is 5.25. The van der Waals surface area contributed by atoms with Crippen molar-refractivity contribution in [2.24, 2.45) is 0 Å². The number of carbonyl (C=O) groups excluding carboxylic acids is 1. The van der Waals surface area contributed by atoms with Crippen LogP contribution in [0, 0.1) is 0 Å². The van der Waals surface area contributed by atoms with E-state index in [4.69, 9.17) is 5.11 Å². The lowest BCUT2D eigenvalue weighted by molar-refractivity contribution is 0.192. The zero-order valence-corrected chi connectivity index (χ0v) is 12.4. The first-order valence-electron chi connectivity index (χ1n) is 6.70. The standard InChI is InChI=1S/C12H22N4O2S/c1-3-5-6-7-10-14-15-11(19-10)13-12(18)16(4-2)8-9-17/h17H,3-9H2,1-2H3,(H,13,15,18). The van der Waals surface area contributed by atoms with E-state index in [1.165, 1.54) is 29.1 Å². The maximum absolute atomic E-state index is 11.8. The molecule has 7 heteroatoms. The fraction of sp³-hybridized carbons (Fsp3) is 0.750. The fourth-order valence-corrected chi connectivity index (χ4v) is 2.40. The van der Waals surface area contributed by atoms with Crippen molar-refractivity contribution in [3.8, 4) is 0 Å². The Morgan fingerprint density at radius 2 is 2.16 bits per heavy atom. The molecule has 108 valence electrons. The van der Waals surface area contributed by atoms with Crippen LogP contribution >= 0.6 is 11.3 Å². The number of hydrogen-bond acceptors (Lipinski definition) is 5. The second-order valence-electron chi connectivity index (χ2n) is 4.19. The number of aromatic nitrogens is 2. The molecule has 1 aromatic heterocycles. The van der Waals surface area contributed by atoms with Crippen LogP contribution in [-0.2, 0) is 6.42 Å². The SMILES string of the molecule is CCCCCc1nnc(NC(=O)N(CC)CCO)s1. The molecular formula is C12H22N4O2S. The molecule has 0 aliphatic rings. The Morgan fingerprint density at radius 1 is 1.37 bits per heavy atom. The van der Waals surface area contributed by atoms with Gasteiger partial charge in [0.1, 0.15) is 5.01 Å². The Labute approximate surface area is 117 Å². The molecule has 0 bridgehead atoms. The number of aliphatic hydroxyl groups is 1. The van der Waals surface area contributed by atoms with Gasteiger partial charge in [-0.15, -0.1) is 10.2 Å². The van der Waals surface area contributed by atoms with Gasteiger partial charge in [-0.05, 0) is 13.3 Å². The number of urea groups is 1. The molecule has 0 saturated carbocycles. The zero-order valence-electron chi connectivity index (χ0n) is 11.6. The predicted octanol–water partition coefficient (Wildman–Crippen LogP) is 2.12. The zero-order chi connectivity index (χ0) is 14.1. The summed E-state index contributed by atoms with van der Waals surface area (Å²) in [6.45, 7) is 4.86. The number of amides is 2. The van der Waals surface area contributed by atoms with Gasteiger partial charge >= 0.3 is 6.03 Å². The van der Waals surface area contributed by atoms with Crippen LogP contribution in [0.2, 0.25) is 0 Å². The highest BCUT2D eigenvalue weighted by atomic mass is 32.1. The molecule has 0 fully saturated rings. The van der Waals surface area contributed by atoms with Crippen LogP contribution in [0.1, 0.15) is 38.1 Å². The minimum Gasteiger partial charge on any atom is -0.395 e. The first-order valence-corrected chi connectivity index (χ1v) is 7.52. The lowest BCUT2D eigenvalue weighted by Gasteiger charge is -2.18. The third-order valence-corrected chi connectivity index (χ3v) is 3.61. The molecule has 1 aromatic rings. The number of carbonyl (C=O) groups is 1. The van der Waals surface area contributed by atoms with Crippen LogP contribution in [0.3, 0.4) is 0 Å². The third kappa shape index (κ3) is 5.52. The molecule has 0 aliphatic heterocycles. The Balaban J connectivity index is 2.45. The number of unbranched alkanes of at least 4 members (excludes halogenated alkanes) is 2. The van der Waals surface area contributed by atoms with Crippen molar-refractivity contribution >= 4 is 22.5 Å². The molecule has 1 rings (SSSR count). The van der Waals surface area contributed by atoms with Crippen molar-refractivity contribution in [2.75, 3.05) is 25.0 Å². The number of nitrogens with zero attached hydrogens (tertiary/aromatic N) is 3. The van der Waals surface area contributed by atoms with Gasteiger partial charge in [0.25, 0.3) is 0 Å². The molecule has 2 N–H and O–H groups in total. The van der Waals surface area contributed by atoms with Crippen molar-refractivity contribution < 1.29 is 9.90 Å². The highest BCUT2D eigenvalue weighted by Crippen LogP contribution is 2.17. The van der Waals surface area contributed by atoms with Crippen molar-refractivity contribution in [2.45, 2.75) is 39.5 Å². The number of hydrogen-bond donors (Lipinski definition) is 2.